The molecule has 1 aliphatic carbocycles. The van der Waals surface area contributed by atoms with E-state index < -0.39 is 0 Å². The zero-order valence-corrected chi connectivity index (χ0v) is 10.3. The van der Waals surface area contributed by atoms with E-state index in [1.807, 2.05) is 6.07 Å². The van der Waals surface area contributed by atoms with Crippen LogP contribution in [0.15, 0.2) is 12.1 Å². The molecule has 1 aromatic carbocycles. The Morgan fingerprint density at radius 1 is 1.31 bits per heavy atom. The third-order valence-corrected chi connectivity index (χ3v) is 3.34. The quantitative estimate of drug-likeness (QED) is 0.881. The molecule has 0 amide bonds. The average molecular weight is 242 g/mol. The zero-order valence-electron chi connectivity index (χ0n) is 9.55. The average Bonchev–Trinajstić information content (AvgIpc) is 2.99. The van der Waals surface area contributed by atoms with E-state index in [9.17, 15) is 0 Å². The number of hydrogen-bond acceptors (Lipinski definition) is 3. The van der Waals surface area contributed by atoms with E-state index in [4.69, 9.17) is 26.8 Å². The van der Waals surface area contributed by atoms with E-state index in [2.05, 4.69) is 0 Å². The molecule has 0 aliphatic heterocycles. The lowest BCUT2D eigenvalue weighted by Crippen LogP contribution is -2.25. The molecule has 1 fully saturated rings. The van der Waals surface area contributed by atoms with Gasteiger partial charge in [0, 0.05) is 17.2 Å². The van der Waals surface area contributed by atoms with Crippen molar-refractivity contribution >= 4 is 11.6 Å². The summed E-state index contributed by atoms with van der Waals surface area (Å²) in [7, 11) is 3.24. The van der Waals surface area contributed by atoms with E-state index >= 15 is 0 Å². The molecule has 0 heterocycles. The number of halogens is 1. The van der Waals surface area contributed by atoms with Gasteiger partial charge in [-0.25, -0.2) is 0 Å². The summed E-state index contributed by atoms with van der Waals surface area (Å²) < 4.78 is 10.5. The number of ether oxygens (including phenoxy) is 2. The van der Waals surface area contributed by atoms with E-state index in [1.165, 1.54) is 0 Å². The highest BCUT2D eigenvalue weighted by molar-refractivity contribution is 6.31. The molecular formula is C12H16ClNO2. The van der Waals surface area contributed by atoms with E-state index in [1.54, 1.807) is 20.3 Å². The predicted molar refractivity (Wildman–Crippen MR) is 64.4 cm³/mol. The van der Waals surface area contributed by atoms with Gasteiger partial charge in [0.2, 0.25) is 0 Å². The van der Waals surface area contributed by atoms with Crippen LogP contribution in [-0.2, 0) is 6.42 Å². The normalized spacial score (nSPS) is 17.0. The first kappa shape index (κ1) is 11.6. The van der Waals surface area contributed by atoms with Crippen LogP contribution < -0.4 is 15.2 Å². The first-order valence-corrected chi connectivity index (χ1v) is 5.65. The summed E-state index contributed by atoms with van der Waals surface area (Å²) in [5.41, 5.74) is 7.00. The lowest BCUT2D eigenvalue weighted by atomic mass is 10.0. The van der Waals surface area contributed by atoms with Crippen LogP contribution in [0.4, 0.5) is 0 Å². The number of rotatable bonds is 4. The van der Waals surface area contributed by atoms with Gasteiger partial charge in [0.05, 0.1) is 19.2 Å². The Kier molecular flexibility index (Phi) is 3.00. The minimum absolute atomic E-state index is 0.0779. The van der Waals surface area contributed by atoms with Crippen molar-refractivity contribution in [3.63, 3.8) is 0 Å². The monoisotopic (exact) mass is 241 g/mol. The summed E-state index contributed by atoms with van der Waals surface area (Å²) in [4.78, 5) is 0. The molecule has 2 rings (SSSR count). The molecule has 1 aromatic rings. The molecule has 0 bridgehead atoms. The molecule has 0 saturated heterocycles. The number of hydrogen-bond donors (Lipinski definition) is 1. The fraction of sp³-hybridized carbons (Fsp3) is 0.500. The molecule has 2 N–H and O–H groups in total. The number of nitrogens with two attached hydrogens (primary N) is 1. The van der Waals surface area contributed by atoms with Crippen molar-refractivity contribution in [2.24, 2.45) is 5.73 Å². The fourth-order valence-corrected chi connectivity index (χ4v) is 2.02. The molecule has 1 aliphatic rings. The van der Waals surface area contributed by atoms with Crippen LogP contribution in [0, 0.1) is 0 Å². The second kappa shape index (κ2) is 4.15. The zero-order chi connectivity index (χ0) is 11.8. The van der Waals surface area contributed by atoms with Crippen molar-refractivity contribution in [1.82, 2.24) is 0 Å². The molecule has 1 saturated carbocycles. The van der Waals surface area contributed by atoms with Crippen LogP contribution in [0.2, 0.25) is 5.02 Å². The molecule has 4 heteroatoms. The summed E-state index contributed by atoms with van der Waals surface area (Å²) in [6, 6.07) is 3.64. The van der Waals surface area contributed by atoms with Gasteiger partial charge < -0.3 is 15.2 Å². The van der Waals surface area contributed by atoms with Crippen molar-refractivity contribution in [3.8, 4) is 11.5 Å². The summed E-state index contributed by atoms with van der Waals surface area (Å²) >= 11 is 6.21. The first-order valence-electron chi connectivity index (χ1n) is 5.27. The van der Waals surface area contributed by atoms with Crippen LogP contribution in [-0.4, -0.2) is 19.8 Å². The van der Waals surface area contributed by atoms with Crippen molar-refractivity contribution in [2.45, 2.75) is 24.8 Å². The van der Waals surface area contributed by atoms with E-state index in [0.717, 1.165) is 30.6 Å². The molecule has 0 unspecified atom stereocenters. The molecule has 0 spiro atoms. The first-order chi connectivity index (χ1) is 7.58. The fourth-order valence-electron chi connectivity index (χ4n) is 1.75. The Hall–Kier alpha value is -0.930. The van der Waals surface area contributed by atoms with Gasteiger partial charge in [0.25, 0.3) is 0 Å². The molecule has 0 atom stereocenters. The predicted octanol–water partition coefficient (Wildman–Crippen LogP) is 2.39. The molecule has 3 nitrogen and oxygen atoms in total. The van der Waals surface area contributed by atoms with Crippen LogP contribution in [0.1, 0.15) is 18.4 Å². The highest BCUT2D eigenvalue weighted by Crippen LogP contribution is 2.41. The third-order valence-electron chi connectivity index (χ3n) is 3.00. The number of methoxy groups -OCH3 is 2. The minimum atomic E-state index is -0.0779. The lowest BCUT2D eigenvalue weighted by Gasteiger charge is -2.15. The maximum absolute atomic E-state index is 6.21. The van der Waals surface area contributed by atoms with Gasteiger partial charge in [-0.2, -0.15) is 0 Å². The van der Waals surface area contributed by atoms with Gasteiger partial charge in [0.1, 0.15) is 11.5 Å². The van der Waals surface area contributed by atoms with E-state index in [-0.39, 0.29) is 5.54 Å². The van der Waals surface area contributed by atoms with Gasteiger partial charge in [-0.15, -0.1) is 0 Å². The largest absolute Gasteiger partial charge is 0.497 e. The summed E-state index contributed by atoms with van der Waals surface area (Å²) in [6.45, 7) is 0. The van der Waals surface area contributed by atoms with Crippen molar-refractivity contribution in [2.75, 3.05) is 14.2 Å². The summed E-state index contributed by atoms with van der Waals surface area (Å²) in [6.07, 6.45) is 2.87. The van der Waals surface area contributed by atoms with Crippen LogP contribution in [0.5, 0.6) is 11.5 Å². The Labute approximate surface area is 100 Å². The molecule has 16 heavy (non-hydrogen) atoms. The van der Waals surface area contributed by atoms with Crippen LogP contribution in [0.25, 0.3) is 0 Å². The van der Waals surface area contributed by atoms with Crippen molar-refractivity contribution in [1.29, 1.82) is 0 Å². The highest BCUT2D eigenvalue weighted by atomic mass is 35.5. The maximum atomic E-state index is 6.21. The van der Waals surface area contributed by atoms with Crippen LogP contribution >= 0.6 is 11.6 Å². The summed E-state index contributed by atoms with van der Waals surface area (Å²) in [5.74, 6) is 1.45. The standard InChI is InChI=1S/C12H16ClNO2/c1-15-8-5-10(13)9(11(6-8)16-2)7-12(14)3-4-12/h5-6H,3-4,7,14H2,1-2H3. The summed E-state index contributed by atoms with van der Waals surface area (Å²) in [5, 5.41) is 0.660. The highest BCUT2D eigenvalue weighted by Gasteiger charge is 2.39. The second-order valence-corrected chi connectivity index (χ2v) is 4.74. The van der Waals surface area contributed by atoms with Crippen LogP contribution in [0.3, 0.4) is 0 Å². The van der Waals surface area contributed by atoms with Crippen molar-refractivity contribution in [3.05, 3.63) is 22.7 Å². The Morgan fingerprint density at radius 3 is 2.50 bits per heavy atom. The second-order valence-electron chi connectivity index (χ2n) is 4.33. The lowest BCUT2D eigenvalue weighted by molar-refractivity contribution is 0.389. The van der Waals surface area contributed by atoms with Gasteiger partial charge in [-0.3, -0.25) is 0 Å². The maximum Gasteiger partial charge on any atom is 0.127 e. The smallest absolute Gasteiger partial charge is 0.127 e. The molecule has 88 valence electrons. The molecule has 0 radical (unpaired) electrons. The number of benzene rings is 1. The minimum Gasteiger partial charge on any atom is -0.497 e. The van der Waals surface area contributed by atoms with Crippen molar-refractivity contribution < 1.29 is 9.47 Å². The Bertz CT molecular complexity index is 402. The SMILES string of the molecule is COc1cc(Cl)c(CC2(N)CC2)c(OC)c1. The third kappa shape index (κ3) is 2.25. The topological polar surface area (TPSA) is 44.5 Å². The molecular weight excluding hydrogens is 226 g/mol. The Balaban J connectivity index is 2.34. The Morgan fingerprint density at radius 2 is 2.00 bits per heavy atom. The van der Waals surface area contributed by atoms with Gasteiger partial charge >= 0.3 is 0 Å². The van der Waals surface area contributed by atoms with E-state index in [0.29, 0.717) is 10.8 Å². The van der Waals surface area contributed by atoms with Gasteiger partial charge in [0.15, 0.2) is 0 Å². The van der Waals surface area contributed by atoms with Gasteiger partial charge in [-0.1, -0.05) is 11.6 Å². The molecule has 0 aromatic heterocycles. The van der Waals surface area contributed by atoms with Gasteiger partial charge in [-0.05, 0) is 25.3 Å².